The molecule has 1 aliphatic heterocycles. The van der Waals surface area contributed by atoms with Crippen LogP contribution in [0.4, 0.5) is 0 Å². The lowest BCUT2D eigenvalue weighted by atomic mass is 10.0. The van der Waals surface area contributed by atoms with Gasteiger partial charge in [0.2, 0.25) is 0 Å². The van der Waals surface area contributed by atoms with Crippen LogP contribution in [0.1, 0.15) is 52.1 Å². The van der Waals surface area contributed by atoms with Gasteiger partial charge in [-0.15, -0.1) is 0 Å². The molecule has 2 aliphatic rings. The van der Waals surface area contributed by atoms with Crippen LogP contribution < -0.4 is 5.32 Å². The van der Waals surface area contributed by atoms with E-state index in [1.165, 1.54) is 0 Å². The highest BCUT2D eigenvalue weighted by molar-refractivity contribution is 6.07. The van der Waals surface area contributed by atoms with Gasteiger partial charge in [-0.05, 0) is 50.6 Å². The van der Waals surface area contributed by atoms with E-state index in [0.717, 1.165) is 67.9 Å². The fourth-order valence-electron chi connectivity index (χ4n) is 5.16. The topological polar surface area (TPSA) is 79.2 Å². The molecule has 0 spiro atoms. The van der Waals surface area contributed by atoms with Crippen LogP contribution in [-0.2, 0) is 0 Å². The molecule has 1 atom stereocenters. The number of hydrogen-bond donors (Lipinski definition) is 1. The number of nitrogens with zero attached hydrogens (tertiary/aromatic N) is 6. The molecule has 4 aromatic rings. The Bertz CT molecular complexity index is 1390. The van der Waals surface area contributed by atoms with E-state index in [-0.39, 0.29) is 11.9 Å². The summed E-state index contributed by atoms with van der Waals surface area (Å²) in [5, 5.41) is 8.94. The second kappa shape index (κ2) is 10.0. The van der Waals surface area contributed by atoms with Crippen LogP contribution in [0.5, 0.6) is 0 Å². The van der Waals surface area contributed by atoms with E-state index in [2.05, 4.69) is 39.3 Å². The second-order valence-corrected chi connectivity index (χ2v) is 10.3. The van der Waals surface area contributed by atoms with Crippen molar-refractivity contribution in [3.05, 3.63) is 83.3 Å². The number of nitrogens with one attached hydrogen (secondary N) is 1. The molecule has 1 aromatic carbocycles. The average molecular weight is 496 g/mol. The first-order valence-electron chi connectivity index (χ1n) is 13.1. The van der Waals surface area contributed by atoms with Crippen LogP contribution in [0.15, 0.2) is 60.8 Å². The first kappa shape index (κ1) is 23.8. The molecule has 37 heavy (non-hydrogen) atoms. The van der Waals surface area contributed by atoms with Gasteiger partial charge >= 0.3 is 0 Å². The summed E-state index contributed by atoms with van der Waals surface area (Å²) in [6.45, 7) is 6.79. The van der Waals surface area contributed by atoms with E-state index >= 15 is 0 Å². The molecular formula is C29H33N7O. The van der Waals surface area contributed by atoms with E-state index < -0.39 is 0 Å². The van der Waals surface area contributed by atoms with Crippen molar-refractivity contribution in [3.63, 3.8) is 0 Å². The molecule has 190 valence electrons. The van der Waals surface area contributed by atoms with Crippen molar-refractivity contribution >= 4 is 16.9 Å². The fourth-order valence-corrected chi connectivity index (χ4v) is 5.16. The van der Waals surface area contributed by atoms with Gasteiger partial charge in [0.15, 0.2) is 11.5 Å². The SMILES string of the molecule is Cc1nn(-c2ccccn2)c2nc(C3CC3)cc(C(=O)NC(CN3CCN(C)CC3)c3ccccc3)c12. The zero-order valence-corrected chi connectivity index (χ0v) is 21.5. The van der Waals surface area contributed by atoms with E-state index in [1.807, 2.05) is 49.4 Å². The summed E-state index contributed by atoms with van der Waals surface area (Å²) in [5.74, 6) is 1.02. The third-order valence-electron chi connectivity index (χ3n) is 7.48. The Morgan fingerprint density at radius 1 is 1.05 bits per heavy atom. The van der Waals surface area contributed by atoms with Crippen molar-refractivity contribution in [2.24, 2.45) is 0 Å². The van der Waals surface area contributed by atoms with Gasteiger partial charge in [0.25, 0.3) is 5.91 Å². The first-order chi connectivity index (χ1) is 18.1. The molecule has 4 heterocycles. The fraction of sp³-hybridized carbons (Fsp3) is 0.379. The van der Waals surface area contributed by atoms with Crippen LogP contribution in [0, 0.1) is 6.92 Å². The molecule has 2 fully saturated rings. The van der Waals surface area contributed by atoms with Gasteiger partial charge in [0.1, 0.15) is 0 Å². The number of benzene rings is 1. The maximum Gasteiger partial charge on any atom is 0.252 e. The molecule has 0 bridgehead atoms. The molecule has 1 saturated heterocycles. The van der Waals surface area contributed by atoms with Crippen LogP contribution >= 0.6 is 0 Å². The van der Waals surface area contributed by atoms with Gasteiger partial charge in [-0.1, -0.05) is 36.4 Å². The minimum atomic E-state index is -0.115. The number of likely N-dealkylation sites (N-methyl/N-ethyl adjacent to an activating group) is 1. The smallest absolute Gasteiger partial charge is 0.252 e. The summed E-state index contributed by atoms with van der Waals surface area (Å²) in [7, 11) is 2.16. The minimum Gasteiger partial charge on any atom is -0.344 e. The Morgan fingerprint density at radius 2 is 1.81 bits per heavy atom. The molecule has 0 radical (unpaired) electrons. The highest BCUT2D eigenvalue weighted by Crippen LogP contribution is 2.40. The number of piperazine rings is 1. The van der Waals surface area contributed by atoms with Gasteiger partial charge in [0, 0.05) is 50.5 Å². The Kier molecular flexibility index (Phi) is 6.44. The molecule has 8 nitrogen and oxygen atoms in total. The Morgan fingerprint density at radius 3 is 2.51 bits per heavy atom. The van der Waals surface area contributed by atoms with Crippen LogP contribution in [-0.4, -0.2) is 75.2 Å². The number of pyridine rings is 2. The van der Waals surface area contributed by atoms with Crippen molar-refractivity contribution in [2.75, 3.05) is 39.8 Å². The molecule has 1 saturated carbocycles. The number of fused-ring (bicyclic) bond motifs is 1. The second-order valence-electron chi connectivity index (χ2n) is 10.3. The van der Waals surface area contributed by atoms with E-state index in [1.54, 1.807) is 10.9 Å². The Balaban J connectivity index is 1.37. The standard InChI is InChI=1S/C29H33N7O/c1-20-27-23(18-24(22-11-12-22)31-28(27)36(33-20)26-10-6-7-13-30-26)29(37)32-25(21-8-4-3-5-9-21)19-35-16-14-34(2)15-17-35/h3-10,13,18,22,25H,11-12,14-17,19H2,1-2H3,(H,32,37). The third-order valence-corrected chi connectivity index (χ3v) is 7.48. The van der Waals surface area contributed by atoms with E-state index in [4.69, 9.17) is 10.1 Å². The summed E-state index contributed by atoms with van der Waals surface area (Å²) in [6, 6.07) is 17.9. The molecule has 1 aliphatic carbocycles. The van der Waals surface area contributed by atoms with Crippen LogP contribution in [0.25, 0.3) is 16.9 Å². The van der Waals surface area contributed by atoms with Crippen molar-refractivity contribution in [3.8, 4) is 5.82 Å². The van der Waals surface area contributed by atoms with Crippen molar-refractivity contribution in [1.82, 2.24) is 34.9 Å². The zero-order chi connectivity index (χ0) is 25.4. The summed E-state index contributed by atoms with van der Waals surface area (Å²) in [5.41, 5.74) is 4.19. The van der Waals surface area contributed by atoms with Gasteiger partial charge in [0.05, 0.1) is 22.7 Å². The Labute approximate surface area is 217 Å². The number of carbonyl (C=O) groups excluding carboxylic acids is 1. The third kappa shape index (κ3) is 4.99. The molecule has 1 amide bonds. The summed E-state index contributed by atoms with van der Waals surface area (Å²) >= 11 is 0. The number of rotatable bonds is 7. The molecule has 1 unspecified atom stereocenters. The van der Waals surface area contributed by atoms with Crippen molar-refractivity contribution in [2.45, 2.75) is 31.7 Å². The van der Waals surface area contributed by atoms with Gasteiger partial charge < -0.3 is 10.2 Å². The minimum absolute atomic E-state index is 0.0825. The van der Waals surface area contributed by atoms with Crippen LogP contribution in [0.3, 0.4) is 0 Å². The first-order valence-corrected chi connectivity index (χ1v) is 13.1. The van der Waals surface area contributed by atoms with Gasteiger partial charge in [-0.25, -0.2) is 9.97 Å². The normalized spacial score (nSPS) is 17.7. The van der Waals surface area contributed by atoms with Crippen LogP contribution in [0.2, 0.25) is 0 Å². The monoisotopic (exact) mass is 495 g/mol. The highest BCUT2D eigenvalue weighted by atomic mass is 16.1. The molecule has 1 N–H and O–H groups in total. The number of carbonyl (C=O) groups is 1. The van der Waals surface area contributed by atoms with Crippen molar-refractivity contribution in [1.29, 1.82) is 0 Å². The maximum atomic E-state index is 14.0. The van der Waals surface area contributed by atoms with E-state index in [0.29, 0.717) is 22.9 Å². The molecule has 8 heteroatoms. The van der Waals surface area contributed by atoms with Gasteiger partial charge in [-0.3, -0.25) is 9.69 Å². The summed E-state index contributed by atoms with van der Waals surface area (Å²) < 4.78 is 1.77. The molecular weight excluding hydrogens is 462 g/mol. The average Bonchev–Trinajstić information content (AvgIpc) is 3.73. The number of amides is 1. The number of hydrogen-bond acceptors (Lipinski definition) is 6. The predicted molar refractivity (Wildman–Crippen MR) is 144 cm³/mol. The highest BCUT2D eigenvalue weighted by Gasteiger charge is 2.30. The lowest BCUT2D eigenvalue weighted by Crippen LogP contribution is -2.47. The predicted octanol–water partition coefficient (Wildman–Crippen LogP) is 3.72. The summed E-state index contributed by atoms with van der Waals surface area (Å²) in [4.78, 5) is 28.3. The summed E-state index contributed by atoms with van der Waals surface area (Å²) in [6.07, 6.45) is 3.96. The maximum absolute atomic E-state index is 14.0. The number of aryl methyl sites for hydroxylation is 1. The van der Waals surface area contributed by atoms with Crippen molar-refractivity contribution < 1.29 is 4.79 Å². The quantitative estimate of drug-likeness (QED) is 0.421. The molecule has 6 rings (SSSR count). The lowest BCUT2D eigenvalue weighted by molar-refractivity contribution is 0.0908. The number of aromatic nitrogens is 4. The largest absolute Gasteiger partial charge is 0.344 e. The lowest BCUT2D eigenvalue weighted by Gasteiger charge is -2.35. The molecule has 3 aromatic heterocycles. The Hall–Kier alpha value is -3.62. The van der Waals surface area contributed by atoms with E-state index in [9.17, 15) is 4.79 Å². The van der Waals surface area contributed by atoms with Gasteiger partial charge in [-0.2, -0.15) is 9.78 Å². The zero-order valence-electron chi connectivity index (χ0n) is 21.5.